The monoisotopic (exact) mass is 375 g/mol. The predicted molar refractivity (Wildman–Crippen MR) is 97.3 cm³/mol. The van der Waals surface area contributed by atoms with Crippen molar-refractivity contribution in [2.24, 2.45) is 5.92 Å². The highest BCUT2D eigenvalue weighted by atomic mass is 16.5. The zero-order valence-corrected chi connectivity index (χ0v) is 15.9. The topological polar surface area (TPSA) is 119 Å². The number of aryl methyl sites for hydroxylation is 1. The third kappa shape index (κ3) is 5.50. The number of carboxylic acids is 1. The van der Waals surface area contributed by atoms with Crippen molar-refractivity contribution in [1.82, 2.24) is 25.5 Å². The standard InChI is InChI=1S/C18H25N5O4/c1-11(2)8-15(18(25)26)19-17(24)16(23-12(3)20-21-22-23)10-13-6-5-7-14(9-13)27-4/h5-7,9,11,15-16H,8,10H2,1-4H3,(H,19,24)(H,25,26)/t15-,16?/m1/s1. The van der Waals surface area contributed by atoms with Gasteiger partial charge in [0.05, 0.1) is 7.11 Å². The van der Waals surface area contributed by atoms with Crippen molar-refractivity contribution < 1.29 is 19.4 Å². The molecule has 2 rings (SSSR count). The van der Waals surface area contributed by atoms with Crippen LogP contribution in [0, 0.1) is 12.8 Å². The molecular formula is C18H25N5O4. The second kappa shape index (κ2) is 9.11. The molecule has 1 amide bonds. The molecule has 0 saturated carbocycles. The van der Waals surface area contributed by atoms with Crippen molar-refractivity contribution in [3.8, 4) is 5.75 Å². The van der Waals surface area contributed by atoms with Crippen LogP contribution < -0.4 is 10.1 Å². The lowest BCUT2D eigenvalue weighted by Crippen LogP contribution is -2.45. The summed E-state index contributed by atoms with van der Waals surface area (Å²) in [5, 5.41) is 23.4. The van der Waals surface area contributed by atoms with Crippen LogP contribution >= 0.6 is 0 Å². The number of carbonyl (C=O) groups excluding carboxylic acids is 1. The highest BCUT2D eigenvalue weighted by Gasteiger charge is 2.29. The van der Waals surface area contributed by atoms with Gasteiger partial charge in [0, 0.05) is 6.42 Å². The molecule has 0 bridgehead atoms. The number of nitrogens with one attached hydrogen (secondary N) is 1. The molecule has 0 radical (unpaired) electrons. The van der Waals surface area contributed by atoms with Crippen molar-refractivity contribution in [3.05, 3.63) is 35.7 Å². The molecule has 1 aromatic heterocycles. The maximum atomic E-state index is 12.9. The molecule has 1 heterocycles. The second-order valence-corrected chi connectivity index (χ2v) is 6.77. The number of carboxylic acid groups (broad SMARTS) is 1. The molecule has 27 heavy (non-hydrogen) atoms. The quantitative estimate of drug-likeness (QED) is 0.679. The molecule has 0 saturated heterocycles. The lowest BCUT2D eigenvalue weighted by atomic mass is 10.0. The van der Waals surface area contributed by atoms with Crippen molar-refractivity contribution >= 4 is 11.9 Å². The van der Waals surface area contributed by atoms with Gasteiger partial charge in [-0.2, -0.15) is 0 Å². The van der Waals surface area contributed by atoms with Crippen molar-refractivity contribution in [2.75, 3.05) is 7.11 Å². The van der Waals surface area contributed by atoms with Crippen LogP contribution in [0.1, 0.15) is 37.7 Å². The number of hydrogen-bond donors (Lipinski definition) is 2. The van der Waals surface area contributed by atoms with Gasteiger partial charge < -0.3 is 15.2 Å². The summed E-state index contributed by atoms with van der Waals surface area (Å²) in [4.78, 5) is 24.4. The van der Waals surface area contributed by atoms with Gasteiger partial charge in [0.25, 0.3) is 0 Å². The Bertz CT molecular complexity index is 790. The number of aliphatic carboxylic acids is 1. The zero-order valence-electron chi connectivity index (χ0n) is 15.9. The Morgan fingerprint density at radius 3 is 2.63 bits per heavy atom. The highest BCUT2D eigenvalue weighted by Crippen LogP contribution is 2.20. The smallest absolute Gasteiger partial charge is 0.326 e. The molecule has 2 aromatic rings. The van der Waals surface area contributed by atoms with E-state index in [-0.39, 0.29) is 5.92 Å². The molecule has 0 aliphatic rings. The van der Waals surface area contributed by atoms with Gasteiger partial charge in [0.15, 0.2) is 0 Å². The Hall–Kier alpha value is -2.97. The summed E-state index contributed by atoms with van der Waals surface area (Å²) in [6, 6.07) is 5.58. The summed E-state index contributed by atoms with van der Waals surface area (Å²) < 4.78 is 6.63. The maximum absolute atomic E-state index is 12.9. The molecule has 9 heteroatoms. The minimum absolute atomic E-state index is 0.123. The van der Waals surface area contributed by atoms with Crippen molar-refractivity contribution in [3.63, 3.8) is 0 Å². The number of benzene rings is 1. The average Bonchev–Trinajstić information content (AvgIpc) is 3.04. The lowest BCUT2D eigenvalue weighted by Gasteiger charge is -2.22. The molecule has 146 valence electrons. The number of ether oxygens (including phenoxy) is 1. The van der Waals surface area contributed by atoms with Gasteiger partial charge in [-0.1, -0.05) is 26.0 Å². The minimum Gasteiger partial charge on any atom is -0.497 e. The van der Waals surface area contributed by atoms with E-state index in [9.17, 15) is 14.7 Å². The minimum atomic E-state index is -1.06. The summed E-state index contributed by atoms with van der Waals surface area (Å²) in [6.07, 6.45) is 0.629. The van der Waals surface area contributed by atoms with E-state index in [2.05, 4.69) is 20.8 Å². The Labute approximate surface area is 157 Å². The van der Waals surface area contributed by atoms with E-state index >= 15 is 0 Å². The first-order chi connectivity index (χ1) is 12.8. The summed E-state index contributed by atoms with van der Waals surface area (Å²) in [7, 11) is 1.57. The fraction of sp³-hybridized carbons (Fsp3) is 0.500. The molecule has 0 spiro atoms. The van der Waals surface area contributed by atoms with Gasteiger partial charge >= 0.3 is 5.97 Å². The molecule has 2 N–H and O–H groups in total. The first-order valence-electron chi connectivity index (χ1n) is 8.72. The molecule has 1 unspecified atom stereocenters. The van der Waals surface area contributed by atoms with Gasteiger partial charge in [0.2, 0.25) is 5.91 Å². The average molecular weight is 375 g/mol. The molecule has 2 atom stereocenters. The molecule has 9 nitrogen and oxygen atoms in total. The van der Waals surface area contributed by atoms with Crippen LogP contribution in [0.3, 0.4) is 0 Å². The summed E-state index contributed by atoms with van der Waals surface area (Å²) >= 11 is 0. The van der Waals surface area contributed by atoms with Crippen LogP contribution in [0.4, 0.5) is 0 Å². The number of tetrazole rings is 1. The third-order valence-corrected chi connectivity index (χ3v) is 4.14. The van der Waals surface area contributed by atoms with E-state index in [4.69, 9.17) is 4.74 Å². The lowest BCUT2D eigenvalue weighted by molar-refractivity contribution is -0.142. The van der Waals surface area contributed by atoms with E-state index in [0.29, 0.717) is 24.4 Å². The van der Waals surface area contributed by atoms with Crippen LogP contribution in [-0.4, -0.2) is 50.3 Å². The number of rotatable bonds is 9. The zero-order chi connectivity index (χ0) is 20.0. The van der Waals surface area contributed by atoms with E-state index < -0.39 is 24.0 Å². The molecule has 0 aliphatic heterocycles. The fourth-order valence-electron chi connectivity index (χ4n) is 2.80. The van der Waals surface area contributed by atoms with Crippen LogP contribution in [0.2, 0.25) is 0 Å². The maximum Gasteiger partial charge on any atom is 0.326 e. The van der Waals surface area contributed by atoms with Gasteiger partial charge in [-0.25, -0.2) is 9.48 Å². The van der Waals surface area contributed by atoms with Gasteiger partial charge in [-0.15, -0.1) is 5.10 Å². The van der Waals surface area contributed by atoms with E-state index in [1.165, 1.54) is 4.68 Å². The van der Waals surface area contributed by atoms with Crippen LogP contribution in [0.25, 0.3) is 0 Å². The van der Waals surface area contributed by atoms with Gasteiger partial charge in [-0.05, 0) is 47.4 Å². The van der Waals surface area contributed by atoms with E-state index in [0.717, 1.165) is 5.56 Å². The van der Waals surface area contributed by atoms with Crippen molar-refractivity contribution in [2.45, 2.75) is 45.7 Å². The third-order valence-electron chi connectivity index (χ3n) is 4.14. The van der Waals surface area contributed by atoms with Gasteiger partial charge in [0.1, 0.15) is 23.7 Å². The second-order valence-electron chi connectivity index (χ2n) is 6.77. The summed E-state index contributed by atoms with van der Waals surface area (Å²) in [6.45, 7) is 5.50. The largest absolute Gasteiger partial charge is 0.497 e. The number of amides is 1. The first kappa shape index (κ1) is 20.3. The Morgan fingerprint density at radius 2 is 2.07 bits per heavy atom. The first-order valence-corrected chi connectivity index (χ1v) is 8.72. The molecule has 0 fully saturated rings. The number of hydrogen-bond acceptors (Lipinski definition) is 6. The van der Waals surface area contributed by atoms with Crippen LogP contribution in [-0.2, 0) is 16.0 Å². The fourth-order valence-corrected chi connectivity index (χ4v) is 2.80. The summed E-state index contributed by atoms with van der Waals surface area (Å²) in [5.74, 6) is -0.248. The Morgan fingerprint density at radius 1 is 1.33 bits per heavy atom. The molecular weight excluding hydrogens is 350 g/mol. The highest BCUT2D eigenvalue weighted by molar-refractivity contribution is 5.86. The van der Waals surface area contributed by atoms with E-state index in [1.54, 1.807) is 14.0 Å². The Kier molecular flexibility index (Phi) is 6.86. The number of methoxy groups -OCH3 is 1. The number of nitrogens with zero attached hydrogens (tertiary/aromatic N) is 4. The van der Waals surface area contributed by atoms with Gasteiger partial charge in [-0.3, -0.25) is 4.79 Å². The van der Waals surface area contributed by atoms with E-state index in [1.807, 2.05) is 38.1 Å². The summed E-state index contributed by atoms with van der Waals surface area (Å²) in [5.41, 5.74) is 0.847. The predicted octanol–water partition coefficient (Wildman–Crippen LogP) is 1.39. The molecule has 1 aromatic carbocycles. The Balaban J connectivity index is 2.28. The number of carbonyl (C=O) groups is 2. The van der Waals surface area contributed by atoms with Crippen molar-refractivity contribution in [1.29, 1.82) is 0 Å². The normalized spacial score (nSPS) is 13.2. The number of aromatic nitrogens is 4. The SMILES string of the molecule is COc1cccc(CC(C(=O)N[C@H](CC(C)C)C(=O)O)n2nnnc2C)c1. The van der Waals surface area contributed by atoms with Crippen LogP contribution in [0.5, 0.6) is 5.75 Å². The van der Waals surface area contributed by atoms with Crippen LogP contribution in [0.15, 0.2) is 24.3 Å². The molecule has 0 aliphatic carbocycles.